The fourth-order valence-electron chi connectivity index (χ4n) is 1.42. The highest BCUT2D eigenvalue weighted by molar-refractivity contribution is 5.95. The Kier molecular flexibility index (Phi) is 6.32. The Hall–Kier alpha value is -3.05. The average Bonchev–Trinajstić information content (AvgIpc) is 2.49. The Morgan fingerprint density at radius 1 is 1.29 bits per heavy atom. The number of non-ortho nitro benzene ring substituents is 1. The largest absolute Gasteiger partial charge is 0.493 e. The molecule has 0 spiro atoms. The van der Waals surface area contributed by atoms with Crippen LogP contribution in [0.15, 0.2) is 18.2 Å². The predicted octanol–water partition coefficient (Wildman–Crippen LogP) is 1.37. The SMILES string of the molecule is COc1ccc([N+](=O)[O-])cc1OCC(=O)NC(=O)NCC(F)(F)F. The summed E-state index contributed by atoms with van der Waals surface area (Å²) in [6.45, 7) is -2.37. The lowest BCUT2D eigenvalue weighted by molar-refractivity contribution is -0.385. The molecule has 132 valence electrons. The van der Waals surface area contributed by atoms with Crippen molar-refractivity contribution >= 4 is 17.6 Å². The molecule has 12 heteroatoms. The van der Waals surface area contributed by atoms with Crippen LogP contribution in [0.3, 0.4) is 0 Å². The molecule has 0 aliphatic heterocycles. The van der Waals surface area contributed by atoms with Crippen LogP contribution in [0.5, 0.6) is 11.5 Å². The number of carbonyl (C=O) groups excluding carboxylic acids is 2. The molecule has 0 fully saturated rings. The van der Waals surface area contributed by atoms with Gasteiger partial charge in [0.2, 0.25) is 0 Å². The van der Waals surface area contributed by atoms with Crippen molar-refractivity contribution in [2.24, 2.45) is 0 Å². The van der Waals surface area contributed by atoms with Crippen LogP contribution in [0.1, 0.15) is 0 Å². The summed E-state index contributed by atoms with van der Waals surface area (Å²) in [6, 6.07) is 2.03. The van der Waals surface area contributed by atoms with E-state index in [4.69, 9.17) is 9.47 Å². The third-order valence-electron chi connectivity index (χ3n) is 2.42. The highest BCUT2D eigenvalue weighted by atomic mass is 19.4. The van der Waals surface area contributed by atoms with Gasteiger partial charge in [0.15, 0.2) is 18.1 Å². The Labute approximate surface area is 132 Å². The second-order valence-electron chi connectivity index (χ2n) is 4.23. The lowest BCUT2D eigenvalue weighted by Gasteiger charge is -2.11. The molecule has 24 heavy (non-hydrogen) atoms. The predicted molar refractivity (Wildman–Crippen MR) is 72.7 cm³/mol. The lowest BCUT2D eigenvalue weighted by Crippen LogP contribution is -2.44. The van der Waals surface area contributed by atoms with Crippen LogP contribution in [0, 0.1) is 10.1 Å². The molecule has 9 nitrogen and oxygen atoms in total. The molecule has 0 heterocycles. The molecule has 3 amide bonds. The summed E-state index contributed by atoms with van der Waals surface area (Å²) >= 11 is 0. The number of methoxy groups -OCH3 is 1. The van der Waals surface area contributed by atoms with Gasteiger partial charge in [-0.2, -0.15) is 13.2 Å². The molecule has 0 atom stereocenters. The Morgan fingerprint density at radius 2 is 1.96 bits per heavy atom. The van der Waals surface area contributed by atoms with Gasteiger partial charge in [0.25, 0.3) is 11.6 Å². The minimum absolute atomic E-state index is 0.0925. The van der Waals surface area contributed by atoms with Crippen molar-refractivity contribution in [1.82, 2.24) is 10.6 Å². The quantitative estimate of drug-likeness (QED) is 0.590. The van der Waals surface area contributed by atoms with Crippen LogP contribution in [0.2, 0.25) is 0 Å². The number of nitro benzene ring substituents is 1. The highest BCUT2D eigenvalue weighted by Gasteiger charge is 2.28. The van der Waals surface area contributed by atoms with Gasteiger partial charge < -0.3 is 14.8 Å². The van der Waals surface area contributed by atoms with Crippen molar-refractivity contribution in [3.05, 3.63) is 28.3 Å². The Bertz CT molecular complexity index is 635. The number of ether oxygens (including phenoxy) is 2. The molecule has 1 aromatic carbocycles. The van der Waals surface area contributed by atoms with Crippen molar-refractivity contribution in [3.8, 4) is 11.5 Å². The van der Waals surface area contributed by atoms with E-state index >= 15 is 0 Å². The van der Waals surface area contributed by atoms with E-state index in [1.807, 2.05) is 0 Å². The highest BCUT2D eigenvalue weighted by Crippen LogP contribution is 2.30. The fraction of sp³-hybridized carbons (Fsp3) is 0.333. The molecular formula is C12H12F3N3O6. The molecular weight excluding hydrogens is 339 g/mol. The molecule has 0 aromatic heterocycles. The van der Waals surface area contributed by atoms with E-state index in [2.05, 4.69) is 0 Å². The summed E-state index contributed by atoms with van der Waals surface area (Å²) in [5.74, 6) is -1.10. The molecule has 2 N–H and O–H groups in total. The van der Waals surface area contributed by atoms with Gasteiger partial charge in [0.1, 0.15) is 6.54 Å². The van der Waals surface area contributed by atoms with Crippen LogP contribution in [0.25, 0.3) is 0 Å². The smallest absolute Gasteiger partial charge is 0.405 e. The summed E-state index contributed by atoms with van der Waals surface area (Å²) in [4.78, 5) is 32.5. The van der Waals surface area contributed by atoms with E-state index < -0.39 is 36.2 Å². The van der Waals surface area contributed by atoms with Crippen molar-refractivity contribution in [3.63, 3.8) is 0 Å². The summed E-state index contributed by atoms with van der Waals surface area (Å²) in [6.07, 6.45) is -4.62. The Morgan fingerprint density at radius 3 is 2.50 bits per heavy atom. The molecule has 0 radical (unpaired) electrons. The number of amides is 3. The first-order chi connectivity index (χ1) is 11.1. The second-order valence-corrected chi connectivity index (χ2v) is 4.23. The number of nitrogens with zero attached hydrogens (tertiary/aromatic N) is 1. The minimum Gasteiger partial charge on any atom is -0.493 e. The summed E-state index contributed by atoms with van der Waals surface area (Å²) in [5, 5.41) is 13.7. The molecule has 0 saturated carbocycles. The zero-order valence-corrected chi connectivity index (χ0v) is 12.2. The van der Waals surface area contributed by atoms with Crippen LogP contribution < -0.4 is 20.1 Å². The number of hydrogen-bond acceptors (Lipinski definition) is 6. The number of alkyl halides is 3. The zero-order valence-electron chi connectivity index (χ0n) is 12.2. The fourth-order valence-corrected chi connectivity index (χ4v) is 1.42. The number of imide groups is 1. The first kappa shape index (κ1) is 19.0. The number of carbonyl (C=O) groups is 2. The van der Waals surface area contributed by atoms with Gasteiger partial charge in [-0.25, -0.2) is 4.79 Å². The normalized spacial score (nSPS) is 10.7. The van der Waals surface area contributed by atoms with Gasteiger partial charge >= 0.3 is 12.2 Å². The Balaban J connectivity index is 2.59. The van der Waals surface area contributed by atoms with E-state index in [1.54, 1.807) is 5.32 Å². The third kappa shape index (κ3) is 6.37. The van der Waals surface area contributed by atoms with Crippen molar-refractivity contribution in [2.45, 2.75) is 6.18 Å². The standard InChI is InChI=1S/C12H12F3N3O6/c1-23-8-3-2-7(18(21)22)4-9(8)24-5-10(19)17-11(20)16-6-12(13,14)15/h2-4H,5-6H2,1H3,(H2,16,17,19,20). The van der Waals surface area contributed by atoms with Gasteiger partial charge in [-0.1, -0.05) is 0 Å². The molecule has 0 aliphatic carbocycles. The first-order valence-electron chi connectivity index (χ1n) is 6.22. The van der Waals surface area contributed by atoms with Crippen molar-refractivity contribution < 1.29 is 37.2 Å². The van der Waals surface area contributed by atoms with Crippen LogP contribution >= 0.6 is 0 Å². The van der Waals surface area contributed by atoms with Gasteiger partial charge in [-0.15, -0.1) is 0 Å². The topological polar surface area (TPSA) is 120 Å². The van der Waals surface area contributed by atoms with Crippen molar-refractivity contribution in [1.29, 1.82) is 0 Å². The number of urea groups is 1. The number of hydrogen-bond donors (Lipinski definition) is 2. The van der Waals surface area contributed by atoms with Crippen molar-refractivity contribution in [2.75, 3.05) is 20.3 Å². The van der Waals surface area contributed by atoms with Gasteiger partial charge in [-0.05, 0) is 6.07 Å². The maximum atomic E-state index is 11.9. The third-order valence-corrected chi connectivity index (χ3v) is 2.42. The zero-order chi connectivity index (χ0) is 18.3. The molecule has 0 unspecified atom stereocenters. The summed E-state index contributed by atoms with van der Waals surface area (Å²) in [5.41, 5.74) is -0.325. The van der Waals surface area contributed by atoms with E-state index in [-0.39, 0.29) is 17.2 Å². The lowest BCUT2D eigenvalue weighted by atomic mass is 10.3. The van der Waals surface area contributed by atoms with E-state index in [0.717, 1.165) is 12.1 Å². The maximum absolute atomic E-state index is 11.9. The number of rotatable bonds is 6. The van der Waals surface area contributed by atoms with Crippen LogP contribution in [-0.2, 0) is 4.79 Å². The molecule has 1 aromatic rings. The maximum Gasteiger partial charge on any atom is 0.405 e. The first-order valence-corrected chi connectivity index (χ1v) is 6.22. The number of nitrogens with one attached hydrogen (secondary N) is 2. The number of benzene rings is 1. The molecule has 0 bridgehead atoms. The average molecular weight is 351 g/mol. The van der Waals surface area contributed by atoms with Gasteiger partial charge in [-0.3, -0.25) is 20.2 Å². The molecule has 1 rings (SSSR count). The van der Waals surface area contributed by atoms with Crippen LogP contribution in [0.4, 0.5) is 23.7 Å². The van der Waals surface area contributed by atoms with Gasteiger partial charge in [0, 0.05) is 6.07 Å². The monoisotopic (exact) mass is 351 g/mol. The summed E-state index contributed by atoms with van der Waals surface area (Å²) in [7, 11) is 1.26. The van der Waals surface area contributed by atoms with Gasteiger partial charge in [0.05, 0.1) is 18.1 Å². The van der Waals surface area contributed by atoms with E-state index in [1.165, 1.54) is 18.5 Å². The number of halogens is 3. The molecule has 0 saturated heterocycles. The van der Waals surface area contributed by atoms with E-state index in [9.17, 15) is 32.9 Å². The second kappa shape index (κ2) is 7.99. The number of nitro groups is 1. The van der Waals surface area contributed by atoms with Crippen LogP contribution in [-0.4, -0.2) is 43.3 Å². The summed E-state index contributed by atoms with van der Waals surface area (Å²) < 4.78 is 45.5. The minimum atomic E-state index is -4.62. The van der Waals surface area contributed by atoms with E-state index in [0.29, 0.717) is 0 Å². The molecule has 0 aliphatic rings.